The van der Waals surface area contributed by atoms with Crippen LogP contribution >= 0.6 is 31.0 Å². The van der Waals surface area contributed by atoms with E-state index in [2.05, 4.69) is 4.99 Å². The lowest BCUT2D eigenvalue weighted by molar-refractivity contribution is -0.144. The number of amides is 1. The highest BCUT2D eigenvalue weighted by molar-refractivity contribution is 8.15. The second-order valence-corrected chi connectivity index (χ2v) is 10.8. The third-order valence-electron chi connectivity index (χ3n) is 4.91. The highest BCUT2D eigenvalue weighted by atomic mass is 35.5. The lowest BCUT2D eigenvalue weighted by Crippen LogP contribution is -2.41. The number of aliphatic imine (C=N–C) groups is 1. The van der Waals surface area contributed by atoms with E-state index >= 15 is 0 Å². The van der Waals surface area contributed by atoms with Crippen LogP contribution in [-0.4, -0.2) is 50.4 Å². The van der Waals surface area contributed by atoms with Crippen LogP contribution in [0.2, 0.25) is 5.02 Å². The molecular weight excluding hydrogens is 567 g/mol. The minimum Gasteiger partial charge on any atom is -0.308 e. The summed E-state index contributed by atoms with van der Waals surface area (Å²) >= 11 is 7.04. The van der Waals surface area contributed by atoms with E-state index in [9.17, 15) is 36.5 Å². The molecule has 1 aromatic carbocycles. The standard InChI is InChI=1S/C20H20ClF4N4O6PS/c1-4-34-36(33,35-5-2)10-28-17(31)9-37-18(28)26-13-7-14(12(22)6-11(13)21)29-16(30)8-15(20(23,24)25)27(3)19(29)32/h6-8H,4-5,9-10H2,1-3H3. The molecule has 0 atom stereocenters. The smallest absolute Gasteiger partial charge is 0.308 e. The fourth-order valence-electron chi connectivity index (χ4n) is 3.31. The topological polar surface area (TPSA) is 112 Å². The molecule has 1 saturated heterocycles. The van der Waals surface area contributed by atoms with Gasteiger partial charge in [0.2, 0.25) is 5.91 Å². The quantitative estimate of drug-likeness (QED) is 0.338. The lowest BCUT2D eigenvalue weighted by atomic mass is 10.2. The molecule has 3 rings (SSSR count). The number of carbonyl (C=O) groups excluding carboxylic acids is 1. The van der Waals surface area contributed by atoms with Gasteiger partial charge in [0.25, 0.3) is 5.56 Å². The van der Waals surface area contributed by atoms with E-state index < -0.39 is 54.4 Å². The summed E-state index contributed by atoms with van der Waals surface area (Å²) in [6, 6.07) is 1.76. The Morgan fingerprint density at radius 2 is 1.76 bits per heavy atom. The molecule has 0 saturated carbocycles. The normalized spacial score (nSPS) is 15.7. The van der Waals surface area contributed by atoms with Crippen LogP contribution in [0.25, 0.3) is 5.69 Å². The minimum absolute atomic E-state index is 0.00300. The Kier molecular flexibility index (Phi) is 8.75. The largest absolute Gasteiger partial charge is 0.431 e. The number of hydrogen-bond donors (Lipinski definition) is 0. The highest BCUT2D eigenvalue weighted by Gasteiger charge is 2.37. The van der Waals surface area contributed by atoms with E-state index in [-0.39, 0.29) is 50.0 Å². The molecule has 202 valence electrons. The van der Waals surface area contributed by atoms with Gasteiger partial charge in [0.05, 0.1) is 35.4 Å². The van der Waals surface area contributed by atoms with Crippen molar-refractivity contribution in [2.24, 2.45) is 12.0 Å². The number of halogens is 5. The van der Waals surface area contributed by atoms with Gasteiger partial charge in [-0.3, -0.25) is 23.6 Å². The van der Waals surface area contributed by atoms with Gasteiger partial charge in [-0.1, -0.05) is 23.4 Å². The van der Waals surface area contributed by atoms with Gasteiger partial charge < -0.3 is 9.05 Å². The zero-order valence-corrected chi connectivity index (χ0v) is 22.0. The fraction of sp³-hybridized carbons (Fsp3) is 0.400. The lowest BCUT2D eigenvalue weighted by Gasteiger charge is -2.23. The highest BCUT2D eigenvalue weighted by Crippen LogP contribution is 2.49. The molecule has 37 heavy (non-hydrogen) atoms. The van der Waals surface area contributed by atoms with Crippen molar-refractivity contribution < 1.29 is 36.0 Å². The number of hydrogen-bond acceptors (Lipinski definition) is 8. The number of aromatic nitrogens is 2. The first-order valence-corrected chi connectivity index (χ1v) is 13.6. The Morgan fingerprint density at radius 3 is 2.32 bits per heavy atom. The number of carbonyl (C=O) groups is 1. The number of nitrogens with zero attached hydrogens (tertiary/aromatic N) is 4. The Hall–Kier alpha value is -2.45. The van der Waals surface area contributed by atoms with Crippen LogP contribution in [0.1, 0.15) is 19.5 Å². The molecule has 17 heteroatoms. The molecule has 1 fully saturated rings. The van der Waals surface area contributed by atoms with Gasteiger partial charge in [-0.2, -0.15) is 13.2 Å². The third-order valence-corrected chi connectivity index (χ3v) is 8.10. The molecule has 1 aromatic heterocycles. The minimum atomic E-state index is -5.00. The van der Waals surface area contributed by atoms with Gasteiger partial charge in [0.15, 0.2) is 5.17 Å². The molecule has 0 spiro atoms. The fourth-order valence-corrected chi connectivity index (χ4v) is 6.16. The summed E-state index contributed by atoms with van der Waals surface area (Å²) in [6.45, 7) is 3.27. The van der Waals surface area contributed by atoms with E-state index in [4.69, 9.17) is 20.6 Å². The van der Waals surface area contributed by atoms with Gasteiger partial charge in [-0.05, 0) is 26.0 Å². The molecule has 2 aromatic rings. The maximum Gasteiger partial charge on any atom is 0.431 e. The number of rotatable bonds is 8. The zero-order valence-electron chi connectivity index (χ0n) is 19.5. The molecule has 10 nitrogen and oxygen atoms in total. The molecule has 1 aliphatic heterocycles. The predicted octanol–water partition coefficient (Wildman–Crippen LogP) is 4.13. The van der Waals surface area contributed by atoms with E-state index in [0.29, 0.717) is 0 Å². The summed E-state index contributed by atoms with van der Waals surface area (Å²) in [5.41, 5.74) is -5.33. The third kappa shape index (κ3) is 6.17. The molecule has 2 heterocycles. The van der Waals surface area contributed by atoms with Crippen LogP contribution in [0.5, 0.6) is 0 Å². The maximum absolute atomic E-state index is 14.8. The molecule has 0 unspecified atom stereocenters. The van der Waals surface area contributed by atoms with Gasteiger partial charge in [-0.25, -0.2) is 18.7 Å². The van der Waals surface area contributed by atoms with Crippen LogP contribution in [0.15, 0.2) is 32.8 Å². The monoisotopic (exact) mass is 586 g/mol. The molecule has 1 amide bonds. The van der Waals surface area contributed by atoms with Crippen molar-refractivity contribution in [3.05, 3.63) is 55.6 Å². The van der Waals surface area contributed by atoms with E-state index in [1.807, 2.05) is 0 Å². The molecular formula is C20H20ClF4N4O6PS. The summed E-state index contributed by atoms with van der Waals surface area (Å²) in [5, 5.41) is -0.292. The van der Waals surface area contributed by atoms with Crippen LogP contribution in [0.4, 0.5) is 23.2 Å². The van der Waals surface area contributed by atoms with Crippen molar-refractivity contribution in [3.63, 3.8) is 0 Å². The average molecular weight is 587 g/mol. The van der Waals surface area contributed by atoms with Crippen molar-refractivity contribution in [2.75, 3.05) is 25.3 Å². The molecule has 1 aliphatic rings. The molecule has 0 radical (unpaired) electrons. The average Bonchev–Trinajstić information content (AvgIpc) is 3.12. The van der Waals surface area contributed by atoms with Gasteiger partial charge in [-0.15, -0.1) is 0 Å². The molecule has 0 aliphatic carbocycles. The maximum atomic E-state index is 14.8. The van der Waals surface area contributed by atoms with Gasteiger partial charge >= 0.3 is 19.5 Å². The second kappa shape index (κ2) is 11.1. The first-order valence-electron chi connectivity index (χ1n) is 10.5. The van der Waals surface area contributed by atoms with Crippen LogP contribution in [0, 0.1) is 5.82 Å². The number of benzene rings is 1. The van der Waals surface area contributed by atoms with Crippen LogP contribution in [-0.2, 0) is 31.6 Å². The number of amidine groups is 1. The molecule has 0 bridgehead atoms. The summed E-state index contributed by atoms with van der Waals surface area (Å²) in [5.74, 6) is -1.74. The Balaban J connectivity index is 2.12. The predicted molar refractivity (Wildman–Crippen MR) is 129 cm³/mol. The van der Waals surface area contributed by atoms with Crippen molar-refractivity contribution in [1.82, 2.24) is 14.0 Å². The summed E-state index contributed by atoms with van der Waals surface area (Å²) in [4.78, 5) is 42.7. The summed E-state index contributed by atoms with van der Waals surface area (Å²) in [7, 11) is -2.94. The second-order valence-electron chi connectivity index (χ2n) is 7.39. The van der Waals surface area contributed by atoms with Crippen molar-refractivity contribution >= 4 is 47.7 Å². The van der Waals surface area contributed by atoms with E-state index in [1.165, 1.54) is 0 Å². The van der Waals surface area contributed by atoms with Crippen molar-refractivity contribution in [2.45, 2.75) is 20.0 Å². The summed E-state index contributed by atoms with van der Waals surface area (Å²) in [6.07, 6.45) is -5.47. The summed E-state index contributed by atoms with van der Waals surface area (Å²) < 4.78 is 78.0. The van der Waals surface area contributed by atoms with Crippen LogP contribution in [0.3, 0.4) is 0 Å². The van der Waals surface area contributed by atoms with Crippen molar-refractivity contribution in [3.8, 4) is 5.69 Å². The first-order chi connectivity index (χ1) is 17.2. The SMILES string of the molecule is CCOP(=O)(CN1C(=O)CSC1=Nc1cc(-n2c(=O)cc(C(F)(F)F)n(C)c2=O)c(F)cc1Cl)OCC. The zero-order chi connectivity index (χ0) is 27.7. The van der Waals surface area contributed by atoms with Crippen LogP contribution < -0.4 is 11.2 Å². The van der Waals surface area contributed by atoms with E-state index in [0.717, 1.165) is 35.8 Å². The van der Waals surface area contributed by atoms with Gasteiger partial charge in [0.1, 0.15) is 17.8 Å². The Bertz CT molecular complexity index is 1420. The van der Waals surface area contributed by atoms with Crippen molar-refractivity contribution in [1.29, 1.82) is 0 Å². The Labute approximate surface area is 216 Å². The van der Waals surface area contributed by atoms with Gasteiger partial charge in [0, 0.05) is 13.1 Å². The first kappa shape index (κ1) is 29.1. The molecule has 0 N–H and O–H groups in total. The number of thioether (sulfide) groups is 1. The van der Waals surface area contributed by atoms with E-state index in [1.54, 1.807) is 13.8 Å². The number of alkyl halides is 3. The Morgan fingerprint density at radius 1 is 1.14 bits per heavy atom.